The number of esters is 2. The number of para-hydroxylation sites is 1. The number of benzene rings is 1. The van der Waals surface area contributed by atoms with E-state index in [0.29, 0.717) is 17.3 Å². The third kappa shape index (κ3) is 4.40. The molecule has 0 radical (unpaired) electrons. The van der Waals surface area contributed by atoms with Crippen molar-refractivity contribution in [2.24, 2.45) is 0 Å². The van der Waals surface area contributed by atoms with E-state index in [1.807, 2.05) is 30.3 Å². The van der Waals surface area contributed by atoms with Crippen LogP contribution >= 0.6 is 0 Å². The van der Waals surface area contributed by atoms with Gasteiger partial charge in [-0.2, -0.15) is 5.10 Å². The fourth-order valence-corrected chi connectivity index (χ4v) is 2.63. The highest BCUT2D eigenvalue weighted by molar-refractivity contribution is 5.98. The topological polar surface area (TPSA) is 108 Å². The summed E-state index contributed by atoms with van der Waals surface area (Å²) in [5.74, 6) is -0.138. The molecule has 1 N–H and O–H groups in total. The van der Waals surface area contributed by atoms with Crippen LogP contribution in [0.2, 0.25) is 0 Å². The number of hydrogen-bond acceptors (Lipinski definition) is 8. The van der Waals surface area contributed by atoms with Gasteiger partial charge < -0.3 is 14.8 Å². The van der Waals surface area contributed by atoms with E-state index in [1.54, 1.807) is 25.5 Å². The number of aryl methyl sites for hydroxylation is 1. The normalized spacial score (nSPS) is 10.4. The van der Waals surface area contributed by atoms with Crippen LogP contribution in [-0.4, -0.2) is 44.9 Å². The van der Waals surface area contributed by atoms with Crippen LogP contribution in [0.3, 0.4) is 0 Å². The number of rotatable bonds is 7. The SMILES string of the molecule is CCOC(=O)c1cnc(C)nc1Nc1c(C(=O)OCC)cnn1-c1ccccc1. The molecule has 2 aromatic heterocycles. The fraction of sp³-hybridized carbons (Fsp3) is 0.250. The Hall–Kier alpha value is -3.75. The van der Waals surface area contributed by atoms with Crippen molar-refractivity contribution in [3.8, 4) is 5.69 Å². The van der Waals surface area contributed by atoms with Crippen molar-refractivity contribution in [1.29, 1.82) is 0 Å². The van der Waals surface area contributed by atoms with E-state index in [9.17, 15) is 9.59 Å². The second-order valence-corrected chi connectivity index (χ2v) is 5.90. The van der Waals surface area contributed by atoms with Gasteiger partial charge in [0.05, 0.1) is 25.1 Å². The van der Waals surface area contributed by atoms with Gasteiger partial charge in [0.2, 0.25) is 0 Å². The first-order valence-corrected chi connectivity index (χ1v) is 9.13. The highest BCUT2D eigenvalue weighted by atomic mass is 16.5. The van der Waals surface area contributed by atoms with E-state index < -0.39 is 11.9 Å². The molecule has 0 bridgehead atoms. The second kappa shape index (κ2) is 8.96. The largest absolute Gasteiger partial charge is 0.462 e. The third-order valence-electron chi connectivity index (χ3n) is 3.91. The summed E-state index contributed by atoms with van der Waals surface area (Å²) in [5.41, 5.74) is 1.07. The number of carbonyl (C=O) groups excluding carboxylic acids is 2. The Morgan fingerprint density at radius 3 is 2.31 bits per heavy atom. The Balaban J connectivity index is 2.11. The van der Waals surface area contributed by atoms with Gasteiger partial charge in [0.15, 0.2) is 0 Å². The predicted octanol–water partition coefficient (Wildman–Crippen LogP) is 3.07. The molecule has 0 saturated heterocycles. The summed E-state index contributed by atoms with van der Waals surface area (Å²) in [5, 5.41) is 7.37. The zero-order chi connectivity index (χ0) is 20.8. The van der Waals surface area contributed by atoms with Gasteiger partial charge in [-0.25, -0.2) is 24.2 Å². The van der Waals surface area contributed by atoms with Crippen molar-refractivity contribution in [3.05, 3.63) is 59.7 Å². The van der Waals surface area contributed by atoms with Crippen LogP contribution in [0.5, 0.6) is 0 Å². The van der Waals surface area contributed by atoms with E-state index in [2.05, 4.69) is 20.4 Å². The van der Waals surface area contributed by atoms with E-state index >= 15 is 0 Å². The number of hydrogen-bond donors (Lipinski definition) is 1. The lowest BCUT2D eigenvalue weighted by molar-refractivity contribution is 0.0518. The van der Waals surface area contributed by atoms with Crippen LogP contribution in [0, 0.1) is 6.92 Å². The molecule has 0 atom stereocenters. The molecule has 3 rings (SSSR count). The molecule has 0 aliphatic heterocycles. The first-order chi connectivity index (χ1) is 14.0. The van der Waals surface area contributed by atoms with E-state index in [1.165, 1.54) is 12.4 Å². The Kier molecular flexibility index (Phi) is 6.18. The number of carbonyl (C=O) groups is 2. The van der Waals surface area contributed by atoms with Crippen LogP contribution in [0.4, 0.5) is 11.6 Å². The van der Waals surface area contributed by atoms with Gasteiger partial charge in [-0.15, -0.1) is 0 Å². The van der Waals surface area contributed by atoms with Gasteiger partial charge >= 0.3 is 11.9 Å². The smallest absolute Gasteiger partial charge is 0.343 e. The monoisotopic (exact) mass is 395 g/mol. The molecule has 29 heavy (non-hydrogen) atoms. The number of anilines is 2. The molecule has 0 saturated carbocycles. The average Bonchev–Trinajstić information content (AvgIpc) is 3.13. The molecule has 0 aliphatic carbocycles. The molecule has 0 spiro atoms. The predicted molar refractivity (Wildman–Crippen MR) is 106 cm³/mol. The number of aromatic nitrogens is 4. The summed E-state index contributed by atoms with van der Waals surface area (Å²) in [7, 11) is 0. The van der Waals surface area contributed by atoms with Gasteiger partial charge in [-0.1, -0.05) is 18.2 Å². The average molecular weight is 395 g/mol. The fourth-order valence-electron chi connectivity index (χ4n) is 2.63. The lowest BCUT2D eigenvalue weighted by Crippen LogP contribution is -2.14. The Bertz CT molecular complexity index is 1020. The van der Waals surface area contributed by atoms with Crippen molar-refractivity contribution in [3.63, 3.8) is 0 Å². The van der Waals surface area contributed by atoms with Crippen LogP contribution < -0.4 is 5.32 Å². The zero-order valence-electron chi connectivity index (χ0n) is 16.4. The molecule has 9 heteroatoms. The minimum atomic E-state index is -0.571. The van der Waals surface area contributed by atoms with Crippen LogP contribution in [0.25, 0.3) is 5.69 Å². The van der Waals surface area contributed by atoms with Crippen molar-refractivity contribution in [1.82, 2.24) is 19.7 Å². The summed E-state index contributed by atoms with van der Waals surface area (Å²) in [6, 6.07) is 9.25. The quantitative estimate of drug-likeness (QED) is 0.608. The summed E-state index contributed by atoms with van der Waals surface area (Å²) in [4.78, 5) is 33.2. The molecule has 9 nitrogen and oxygen atoms in total. The summed E-state index contributed by atoms with van der Waals surface area (Å²) < 4.78 is 11.8. The van der Waals surface area contributed by atoms with Crippen LogP contribution in [-0.2, 0) is 9.47 Å². The van der Waals surface area contributed by atoms with Crippen LogP contribution in [0.15, 0.2) is 42.7 Å². The van der Waals surface area contributed by atoms with Crippen molar-refractivity contribution >= 4 is 23.6 Å². The highest BCUT2D eigenvalue weighted by Crippen LogP contribution is 2.26. The molecule has 1 aromatic carbocycles. The number of nitrogens with zero attached hydrogens (tertiary/aromatic N) is 4. The zero-order valence-corrected chi connectivity index (χ0v) is 16.4. The molecule has 0 unspecified atom stereocenters. The first-order valence-electron chi connectivity index (χ1n) is 9.13. The Morgan fingerprint density at radius 1 is 1.00 bits per heavy atom. The van der Waals surface area contributed by atoms with E-state index in [4.69, 9.17) is 9.47 Å². The van der Waals surface area contributed by atoms with Crippen molar-refractivity contribution < 1.29 is 19.1 Å². The molecular formula is C20H21N5O4. The van der Waals surface area contributed by atoms with Gasteiger partial charge in [-0.3, -0.25) is 0 Å². The minimum absolute atomic E-state index is 0.146. The van der Waals surface area contributed by atoms with E-state index in [0.717, 1.165) is 0 Å². The molecule has 0 amide bonds. The maximum absolute atomic E-state index is 12.4. The third-order valence-corrected chi connectivity index (χ3v) is 3.91. The summed E-state index contributed by atoms with van der Waals surface area (Å²) in [6.45, 7) is 5.56. The minimum Gasteiger partial charge on any atom is -0.462 e. The highest BCUT2D eigenvalue weighted by Gasteiger charge is 2.23. The Labute approximate surface area is 167 Å². The van der Waals surface area contributed by atoms with Crippen molar-refractivity contribution in [2.75, 3.05) is 18.5 Å². The van der Waals surface area contributed by atoms with Gasteiger partial charge in [0, 0.05) is 6.20 Å². The van der Waals surface area contributed by atoms with Gasteiger partial charge in [0.25, 0.3) is 0 Å². The number of nitrogens with one attached hydrogen (secondary N) is 1. The van der Waals surface area contributed by atoms with Gasteiger partial charge in [-0.05, 0) is 32.9 Å². The number of ether oxygens (including phenoxy) is 2. The lowest BCUT2D eigenvalue weighted by atomic mass is 10.2. The summed E-state index contributed by atoms with van der Waals surface area (Å²) >= 11 is 0. The maximum atomic E-state index is 12.4. The molecule has 0 fully saturated rings. The second-order valence-electron chi connectivity index (χ2n) is 5.90. The van der Waals surface area contributed by atoms with Gasteiger partial charge in [0.1, 0.15) is 28.6 Å². The molecule has 2 heterocycles. The molecule has 150 valence electrons. The van der Waals surface area contributed by atoms with E-state index in [-0.39, 0.29) is 30.2 Å². The maximum Gasteiger partial charge on any atom is 0.343 e. The molecule has 3 aromatic rings. The standard InChI is InChI=1S/C20H21N5O4/c1-4-28-19(26)15-11-21-13(3)23-17(15)24-18-16(20(27)29-5-2)12-22-25(18)14-9-7-6-8-10-14/h6-12H,4-5H2,1-3H3,(H,21,23,24). The van der Waals surface area contributed by atoms with Crippen molar-refractivity contribution in [2.45, 2.75) is 20.8 Å². The Morgan fingerprint density at radius 2 is 1.66 bits per heavy atom. The first kappa shape index (κ1) is 20.0. The molecule has 0 aliphatic rings. The molecular weight excluding hydrogens is 374 g/mol. The lowest BCUT2D eigenvalue weighted by Gasteiger charge is -2.14. The summed E-state index contributed by atoms with van der Waals surface area (Å²) in [6.07, 6.45) is 2.79. The van der Waals surface area contributed by atoms with Crippen LogP contribution in [0.1, 0.15) is 40.4 Å².